The Hall–Kier alpha value is -0.370. The fourth-order valence-electron chi connectivity index (χ4n) is 0.356. The Kier molecular flexibility index (Phi) is 9.31. The molecule has 0 unspecified atom stereocenters. The zero-order valence-electron chi connectivity index (χ0n) is 6.59. The standard InChI is InChI=1S/C6H7NO3.Na/c1-2-10-6(9)5(8)3-4-7;/h2-3H2,1H3;/q;+1. The third kappa shape index (κ3) is 6.05. The number of rotatable bonds is 3. The summed E-state index contributed by atoms with van der Waals surface area (Å²) in [7, 11) is 0. The van der Waals surface area contributed by atoms with Gasteiger partial charge in [-0.1, -0.05) is 0 Å². The predicted molar refractivity (Wildman–Crippen MR) is 31.9 cm³/mol. The molecule has 0 aliphatic carbocycles. The average Bonchev–Trinajstić information content (AvgIpc) is 1.89. The fourth-order valence-corrected chi connectivity index (χ4v) is 0.356. The van der Waals surface area contributed by atoms with E-state index in [-0.39, 0.29) is 36.2 Å². The van der Waals surface area contributed by atoms with E-state index in [2.05, 4.69) is 4.74 Å². The van der Waals surface area contributed by atoms with Crippen molar-refractivity contribution < 1.29 is 43.9 Å². The first-order valence-electron chi connectivity index (χ1n) is 2.79. The molecule has 0 aromatic rings. The monoisotopic (exact) mass is 164 g/mol. The van der Waals surface area contributed by atoms with Crippen LogP contribution in [0.15, 0.2) is 0 Å². The molecule has 0 radical (unpaired) electrons. The van der Waals surface area contributed by atoms with Crippen LogP contribution in [-0.4, -0.2) is 18.4 Å². The second-order valence-electron chi connectivity index (χ2n) is 1.48. The van der Waals surface area contributed by atoms with Gasteiger partial charge in [-0.15, -0.1) is 0 Å². The zero-order chi connectivity index (χ0) is 7.98. The molecule has 0 aromatic carbocycles. The van der Waals surface area contributed by atoms with E-state index >= 15 is 0 Å². The Morgan fingerprint density at radius 2 is 2.09 bits per heavy atom. The minimum Gasteiger partial charge on any atom is -0.460 e. The number of nitrogens with zero attached hydrogens (tertiary/aromatic N) is 1. The zero-order valence-corrected chi connectivity index (χ0v) is 8.59. The number of esters is 1. The van der Waals surface area contributed by atoms with Crippen LogP contribution in [0.2, 0.25) is 0 Å². The SMILES string of the molecule is CCOC(=O)C(=O)CC#N.[Na+]. The van der Waals surface area contributed by atoms with Crippen LogP contribution in [0.4, 0.5) is 0 Å². The van der Waals surface area contributed by atoms with Crippen LogP contribution in [0.5, 0.6) is 0 Å². The summed E-state index contributed by atoms with van der Waals surface area (Å²) >= 11 is 0. The van der Waals surface area contributed by atoms with Gasteiger partial charge in [-0.25, -0.2) is 4.79 Å². The molecule has 0 aliphatic rings. The largest absolute Gasteiger partial charge is 1.00 e. The summed E-state index contributed by atoms with van der Waals surface area (Å²) in [5, 5.41) is 7.98. The molecule has 0 saturated heterocycles. The van der Waals surface area contributed by atoms with Crippen LogP contribution in [0.1, 0.15) is 13.3 Å². The molecule has 54 valence electrons. The van der Waals surface area contributed by atoms with Crippen LogP contribution in [0, 0.1) is 11.3 Å². The molecule has 11 heavy (non-hydrogen) atoms. The van der Waals surface area contributed by atoms with Gasteiger partial charge in [-0.2, -0.15) is 5.26 Å². The van der Waals surface area contributed by atoms with E-state index in [1.165, 1.54) is 0 Å². The molecule has 0 spiro atoms. The van der Waals surface area contributed by atoms with Gasteiger partial charge in [0.2, 0.25) is 0 Å². The van der Waals surface area contributed by atoms with Gasteiger partial charge in [0.15, 0.2) is 0 Å². The summed E-state index contributed by atoms with van der Waals surface area (Å²) in [5.41, 5.74) is 0. The normalized spacial score (nSPS) is 7.27. The van der Waals surface area contributed by atoms with Crippen LogP contribution in [-0.2, 0) is 14.3 Å². The van der Waals surface area contributed by atoms with Crippen LogP contribution < -0.4 is 29.6 Å². The molecule has 0 aromatic heterocycles. The predicted octanol–water partition coefficient (Wildman–Crippen LogP) is -2.96. The van der Waals surface area contributed by atoms with Gasteiger partial charge in [-0.05, 0) is 6.92 Å². The van der Waals surface area contributed by atoms with Gasteiger partial charge in [0.1, 0.15) is 6.42 Å². The molecular weight excluding hydrogens is 157 g/mol. The van der Waals surface area contributed by atoms with Gasteiger partial charge in [0.05, 0.1) is 12.7 Å². The van der Waals surface area contributed by atoms with Gasteiger partial charge in [0, 0.05) is 0 Å². The van der Waals surface area contributed by atoms with Crippen molar-refractivity contribution in [3.05, 3.63) is 0 Å². The van der Waals surface area contributed by atoms with E-state index in [0.717, 1.165) is 0 Å². The maximum Gasteiger partial charge on any atom is 1.00 e. The van der Waals surface area contributed by atoms with E-state index in [4.69, 9.17) is 5.26 Å². The van der Waals surface area contributed by atoms with Crippen LogP contribution in [0.3, 0.4) is 0 Å². The molecule has 0 saturated carbocycles. The van der Waals surface area contributed by atoms with Crippen molar-refractivity contribution in [2.75, 3.05) is 6.61 Å². The van der Waals surface area contributed by atoms with Gasteiger partial charge in [0.25, 0.3) is 5.78 Å². The summed E-state index contributed by atoms with van der Waals surface area (Å²) in [6.45, 7) is 1.76. The molecular formula is C6H7NNaO3+. The Morgan fingerprint density at radius 1 is 1.55 bits per heavy atom. The van der Waals surface area contributed by atoms with Crippen molar-refractivity contribution >= 4 is 11.8 Å². The first-order valence-corrected chi connectivity index (χ1v) is 2.79. The van der Waals surface area contributed by atoms with E-state index in [1.54, 1.807) is 13.0 Å². The number of ether oxygens (including phenoxy) is 1. The summed E-state index contributed by atoms with van der Waals surface area (Å²) in [6.07, 6.45) is -0.404. The summed E-state index contributed by atoms with van der Waals surface area (Å²) in [6, 6.07) is 1.56. The van der Waals surface area contributed by atoms with E-state index in [1.807, 2.05) is 0 Å². The molecule has 0 rings (SSSR count). The molecule has 0 amide bonds. The number of Topliss-reactive ketones (excluding diaryl/α,β-unsaturated/α-hetero) is 1. The van der Waals surface area contributed by atoms with E-state index < -0.39 is 18.2 Å². The van der Waals surface area contributed by atoms with Crippen molar-refractivity contribution in [3.8, 4) is 6.07 Å². The van der Waals surface area contributed by atoms with Crippen molar-refractivity contribution in [2.45, 2.75) is 13.3 Å². The van der Waals surface area contributed by atoms with Gasteiger partial charge < -0.3 is 4.74 Å². The maximum absolute atomic E-state index is 10.4. The Morgan fingerprint density at radius 3 is 2.45 bits per heavy atom. The molecule has 0 aliphatic heterocycles. The topological polar surface area (TPSA) is 67.2 Å². The minimum absolute atomic E-state index is 0. The second kappa shape index (κ2) is 7.73. The number of nitriles is 1. The average molecular weight is 164 g/mol. The molecule has 0 fully saturated rings. The number of ketones is 1. The summed E-state index contributed by atoms with van der Waals surface area (Å²) in [4.78, 5) is 20.8. The van der Waals surface area contributed by atoms with Gasteiger partial charge >= 0.3 is 35.5 Å². The van der Waals surface area contributed by atoms with Crippen molar-refractivity contribution in [2.24, 2.45) is 0 Å². The Balaban J connectivity index is 0. The Bertz CT molecular complexity index is 185. The first kappa shape index (κ1) is 13.2. The second-order valence-corrected chi connectivity index (χ2v) is 1.48. The molecule has 0 atom stereocenters. The summed E-state index contributed by atoms with van der Waals surface area (Å²) in [5.74, 6) is -1.71. The van der Waals surface area contributed by atoms with Gasteiger partial charge in [-0.3, -0.25) is 4.79 Å². The van der Waals surface area contributed by atoms with E-state index in [0.29, 0.717) is 0 Å². The molecule has 4 nitrogen and oxygen atoms in total. The van der Waals surface area contributed by atoms with Crippen molar-refractivity contribution in [3.63, 3.8) is 0 Å². The molecule has 0 heterocycles. The number of carbonyl (C=O) groups excluding carboxylic acids is 2. The number of carbonyl (C=O) groups is 2. The van der Waals surface area contributed by atoms with Crippen molar-refractivity contribution in [1.29, 1.82) is 5.26 Å². The third-order valence-corrected chi connectivity index (χ3v) is 0.743. The van der Waals surface area contributed by atoms with E-state index in [9.17, 15) is 9.59 Å². The van der Waals surface area contributed by atoms with Crippen LogP contribution >= 0.6 is 0 Å². The quantitative estimate of drug-likeness (QED) is 0.254. The maximum atomic E-state index is 10.4. The first-order chi connectivity index (χ1) is 4.72. The minimum atomic E-state index is -0.927. The molecule has 0 N–H and O–H groups in total. The summed E-state index contributed by atoms with van der Waals surface area (Å²) < 4.78 is 4.32. The molecule has 0 bridgehead atoms. The number of hydrogen-bond acceptors (Lipinski definition) is 4. The third-order valence-electron chi connectivity index (χ3n) is 0.743. The van der Waals surface area contributed by atoms with Crippen LogP contribution in [0.25, 0.3) is 0 Å². The Labute approximate surface area is 86.8 Å². The van der Waals surface area contributed by atoms with Crippen molar-refractivity contribution in [1.82, 2.24) is 0 Å². The molecule has 5 heteroatoms. The smallest absolute Gasteiger partial charge is 0.460 e. The number of hydrogen-bond donors (Lipinski definition) is 0. The fraction of sp³-hybridized carbons (Fsp3) is 0.500.